The molecule has 0 atom stereocenters. The lowest BCUT2D eigenvalue weighted by Gasteiger charge is -2.06. The van der Waals surface area contributed by atoms with Crippen molar-refractivity contribution in [1.29, 1.82) is 0 Å². The molecule has 0 aliphatic heterocycles. The topological polar surface area (TPSA) is 113 Å². The Morgan fingerprint density at radius 3 is 2.32 bits per heavy atom. The van der Waals surface area contributed by atoms with Crippen LogP contribution >= 0.6 is 11.8 Å². The SMILES string of the molecule is COc1ccc(Sc2cc(S(N)(=O)=O)ccc2[N+](=O)[O-])cc1. The lowest BCUT2D eigenvalue weighted by atomic mass is 10.3. The summed E-state index contributed by atoms with van der Waals surface area (Å²) >= 11 is 1.07. The fourth-order valence-corrected chi connectivity index (χ4v) is 3.25. The summed E-state index contributed by atoms with van der Waals surface area (Å²) in [6.07, 6.45) is 0. The number of nitro groups is 1. The smallest absolute Gasteiger partial charge is 0.283 e. The quantitative estimate of drug-likeness (QED) is 0.660. The predicted molar refractivity (Wildman–Crippen MR) is 81.6 cm³/mol. The van der Waals surface area contributed by atoms with Crippen molar-refractivity contribution >= 4 is 27.5 Å². The lowest BCUT2D eigenvalue weighted by Crippen LogP contribution is -2.12. The standard InChI is InChI=1S/C13H12N2O5S2/c1-20-9-2-4-10(5-3-9)21-13-8-11(22(14,18)19)6-7-12(13)15(16)17/h2-8H,1H3,(H2,14,18,19). The molecule has 0 heterocycles. The Labute approximate surface area is 131 Å². The third-order valence-electron chi connectivity index (χ3n) is 2.74. The molecule has 2 aromatic rings. The van der Waals surface area contributed by atoms with Gasteiger partial charge in [0, 0.05) is 11.0 Å². The largest absolute Gasteiger partial charge is 0.497 e. The highest BCUT2D eigenvalue weighted by Gasteiger charge is 2.19. The summed E-state index contributed by atoms with van der Waals surface area (Å²) in [4.78, 5) is 11.2. The van der Waals surface area contributed by atoms with E-state index in [0.29, 0.717) is 10.6 Å². The third-order valence-corrected chi connectivity index (χ3v) is 4.71. The fourth-order valence-electron chi connectivity index (χ4n) is 1.67. The number of nitro benzene ring substituents is 1. The molecule has 0 bridgehead atoms. The second-order valence-corrected chi connectivity index (χ2v) is 6.89. The van der Waals surface area contributed by atoms with Crippen LogP contribution in [0.15, 0.2) is 57.2 Å². The summed E-state index contributed by atoms with van der Waals surface area (Å²) < 4.78 is 27.8. The number of sulfonamides is 1. The van der Waals surface area contributed by atoms with Crippen molar-refractivity contribution in [2.75, 3.05) is 7.11 Å². The molecule has 0 spiro atoms. The molecule has 116 valence electrons. The van der Waals surface area contributed by atoms with Gasteiger partial charge in [0.25, 0.3) is 5.69 Å². The number of methoxy groups -OCH3 is 1. The van der Waals surface area contributed by atoms with Crippen LogP contribution in [0.5, 0.6) is 5.75 Å². The first kappa shape index (κ1) is 16.3. The maximum atomic E-state index is 11.4. The number of hydrogen-bond acceptors (Lipinski definition) is 6. The van der Waals surface area contributed by atoms with E-state index in [9.17, 15) is 18.5 Å². The van der Waals surface area contributed by atoms with Gasteiger partial charge in [-0.3, -0.25) is 10.1 Å². The molecule has 22 heavy (non-hydrogen) atoms. The van der Waals surface area contributed by atoms with Crippen molar-refractivity contribution in [2.24, 2.45) is 5.14 Å². The molecule has 0 saturated carbocycles. The zero-order valence-electron chi connectivity index (χ0n) is 11.4. The Balaban J connectivity index is 2.44. The van der Waals surface area contributed by atoms with E-state index in [1.165, 1.54) is 13.2 Å². The van der Waals surface area contributed by atoms with Crippen LogP contribution in [0.1, 0.15) is 0 Å². The van der Waals surface area contributed by atoms with Gasteiger partial charge in [-0.2, -0.15) is 0 Å². The highest BCUT2D eigenvalue weighted by atomic mass is 32.2. The van der Waals surface area contributed by atoms with E-state index < -0.39 is 14.9 Å². The average molecular weight is 340 g/mol. The van der Waals surface area contributed by atoms with E-state index in [-0.39, 0.29) is 15.5 Å². The highest BCUT2D eigenvalue weighted by Crippen LogP contribution is 2.36. The van der Waals surface area contributed by atoms with Crippen LogP contribution in [0, 0.1) is 10.1 Å². The zero-order chi connectivity index (χ0) is 16.3. The molecule has 2 N–H and O–H groups in total. The second-order valence-electron chi connectivity index (χ2n) is 4.21. The molecule has 2 rings (SSSR count). The van der Waals surface area contributed by atoms with E-state index >= 15 is 0 Å². The predicted octanol–water partition coefficient (Wildman–Crippen LogP) is 2.40. The van der Waals surface area contributed by atoms with E-state index in [2.05, 4.69) is 0 Å². The molecule has 0 radical (unpaired) electrons. The van der Waals surface area contributed by atoms with E-state index in [1.54, 1.807) is 24.3 Å². The minimum absolute atomic E-state index is 0.172. The van der Waals surface area contributed by atoms with Gasteiger partial charge in [0.05, 0.1) is 21.8 Å². The van der Waals surface area contributed by atoms with Crippen molar-refractivity contribution in [1.82, 2.24) is 0 Å². The molecule has 0 aromatic heterocycles. The van der Waals surface area contributed by atoms with Gasteiger partial charge in [0.1, 0.15) is 5.75 Å². The van der Waals surface area contributed by atoms with Crippen molar-refractivity contribution in [2.45, 2.75) is 14.7 Å². The van der Waals surface area contributed by atoms with Gasteiger partial charge in [-0.25, -0.2) is 13.6 Å². The summed E-state index contributed by atoms with van der Waals surface area (Å²) in [6, 6.07) is 10.3. The number of nitrogens with zero attached hydrogens (tertiary/aromatic N) is 1. The molecule has 0 amide bonds. The average Bonchev–Trinajstić information content (AvgIpc) is 2.47. The fraction of sp³-hybridized carbons (Fsp3) is 0.0769. The van der Waals surface area contributed by atoms with Crippen LogP contribution in [-0.4, -0.2) is 20.5 Å². The van der Waals surface area contributed by atoms with Crippen molar-refractivity contribution in [3.05, 3.63) is 52.6 Å². The van der Waals surface area contributed by atoms with E-state index in [1.807, 2.05) is 0 Å². The van der Waals surface area contributed by atoms with Crippen LogP contribution in [-0.2, 0) is 10.0 Å². The van der Waals surface area contributed by atoms with Gasteiger partial charge in [-0.15, -0.1) is 0 Å². The Hall–Kier alpha value is -2.10. The second kappa shape index (κ2) is 6.34. The van der Waals surface area contributed by atoms with Crippen molar-refractivity contribution in [3.63, 3.8) is 0 Å². The Morgan fingerprint density at radius 2 is 1.82 bits per heavy atom. The van der Waals surface area contributed by atoms with Crippen molar-refractivity contribution < 1.29 is 18.1 Å². The Bertz CT molecular complexity index is 804. The van der Waals surface area contributed by atoms with E-state index in [0.717, 1.165) is 23.9 Å². The third kappa shape index (κ3) is 3.75. The van der Waals surface area contributed by atoms with Gasteiger partial charge in [0.2, 0.25) is 10.0 Å². The molecule has 0 aliphatic rings. The number of rotatable bonds is 5. The molecular formula is C13H12N2O5S2. The number of primary sulfonamides is 1. The molecule has 0 unspecified atom stereocenters. The minimum atomic E-state index is -3.93. The normalized spacial score (nSPS) is 11.2. The van der Waals surface area contributed by atoms with Gasteiger partial charge in [-0.1, -0.05) is 11.8 Å². The molecular weight excluding hydrogens is 328 g/mol. The van der Waals surface area contributed by atoms with Crippen LogP contribution in [0.4, 0.5) is 5.69 Å². The Morgan fingerprint density at radius 1 is 1.18 bits per heavy atom. The molecule has 0 aliphatic carbocycles. The minimum Gasteiger partial charge on any atom is -0.497 e. The lowest BCUT2D eigenvalue weighted by molar-refractivity contribution is -0.387. The maximum absolute atomic E-state index is 11.4. The van der Waals surface area contributed by atoms with Gasteiger partial charge < -0.3 is 4.74 Å². The molecule has 7 nitrogen and oxygen atoms in total. The van der Waals surface area contributed by atoms with E-state index in [4.69, 9.17) is 9.88 Å². The number of hydrogen-bond donors (Lipinski definition) is 1. The summed E-state index contributed by atoms with van der Waals surface area (Å²) in [7, 11) is -2.40. The highest BCUT2D eigenvalue weighted by molar-refractivity contribution is 7.99. The molecule has 2 aromatic carbocycles. The van der Waals surface area contributed by atoms with Crippen LogP contribution in [0.2, 0.25) is 0 Å². The van der Waals surface area contributed by atoms with Gasteiger partial charge >= 0.3 is 0 Å². The molecule has 0 fully saturated rings. The summed E-state index contributed by atoms with van der Waals surface area (Å²) in [5.41, 5.74) is -0.187. The Kier molecular flexibility index (Phi) is 4.69. The summed E-state index contributed by atoms with van der Waals surface area (Å²) in [6.45, 7) is 0. The van der Waals surface area contributed by atoms with Crippen molar-refractivity contribution in [3.8, 4) is 5.75 Å². The monoisotopic (exact) mass is 340 g/mol. The van der Waals surface area contributed by atoms with Crippen LogP contribution in [0.25, 0.3) is 0 Å². The first-order chi connectivity index (χ1) is 10.3. The summed E-state index contributed by atoms with van der Waals surface area (Å²) in [5.74, 6) is 0.650. The number of nitrogens with two attached hydrogens (primary N) is 1. The number of benzene rings is 2. The summed E-state index contributed by atoms with van der Waals surface area (Å²) in [5, 5.41) is 16.1. The first-order valence-electron chi connectivity index (χ1n) is 5.94. The van der Waals surface area contributed by atoms with Crippen LogP contribution < -0.4 is 9.88 Å². The molecule has 9 heteroatoms. The van der Waals surface area contributed by atoms with Gasteiger partial charge in [0.15, 0.2) is 0 Å². The van der Waals surface area contributed by atoms with Crippen LogP contribution in [0.3, 0.4) is 0 Å². The van der Waals surface area contributed by atoms with Gasteiger partial charge in [-0.05, 0) is 36.4 Å². The molecule has 0 saturated heterocycles. The number of ether oxygens (including phenoxy) is 1. The zero-order valence-corrected chi connectivity index (χ0v) is 13.1. The first-order valence-corrected chi connectivity index (χ1v) is 8.30. The maximum Gasteiger partial charge on any atom is 0.283 e.